The molecule has 10 aromatic rings. The van der Waals surface area contributed by atoms with E-state index in [4.69, 9.17) is 14.0 Å². The molecule has 0 amide bonds. The van der Waals surface area contributed by atoms with Crippen molar-refractivity contribution in [2.45, 2.75) is 0 Å². The summed E-state index contributed by atoms with van der Waals surface area (Å²) < 4.78 is 86.3. The van der Waals surface area contributed by atoms with Gasteiger partial charge in [-0.15, -0.1) is 0 Å². The molecule has 0 aliphatic heterocycles. The van der Waals surface area contributed by atoms with Crippen molar-refractivity contribution in [3.63, 3.8) is 0 Å². The van der Waals surface area contributed by atoms with E-state index in [1.165, 1.54) is 0 Å². The first-order valence-corrected chi connectivity index (χ1v) is 17.0. The molecule has 0 fully saturated rings. The number of furan rings is 1. The minimum Gasteiger partial charge on any atom is -0.456 e. The second-order valence-electron chi connectivity index (χ2n) is 12.6. The molecule has 10 rings (SSSR count). The number of rotatable bonds is 6. The van der Waals surface area contributed by atoms with Crippen LogP contribution in [-0.4, -0.2) is 0 Å². The molecule has 0 atom stereocenters. The van der Waals surface area contributed by atoms with Crippen LogP contribution in [0.3, 0.4) is 0 Å². The van der Waals surface area contributed by atoms with Gasteiger partial charge in [0.1, 0.15) is 11.2 Å². The van der Waals surface area contributed by atoms with Gasteiger partial charge in [0.2, 0.25) is 0 Å². The van der Waals surface area contributed by atoms with Crippen molar-refractivity contribution < 1.29 is 16.8 Å². The molecular formula is C50H33NO. The van der Waals surface area contributed by atoms with Crippen molar-refractivity contribution in [1.82, 2.24) is 0 Å². The fourth-order valence-electron chi connectivity index (χ4n) is 7.13. The zero-order valence-corrected chi connectivity index (χ0v) is 27.7. The Balaban J connectivity index is 1.24. The maximum Gasteiger partial charge on any atom is 0.136 e. The van der Waals surface area contributed by atoms with E-state index in [9.17, 15) is 2.74 Å². The van der Waals surface area contributed by atoms with E-state index in [1.807, 2.05) is 97.1 Å². The molecule has 0 radical (unpaired) electrons. The van der Waals surface area contributed by atoms with Crippen LogP contribution in [0.4, 0.5) is 17.1 Å². The highest BCUT2D eigenvalue weighted by atomic mass is 16.3. The van der Waals surface area contributed by atoms with Crippen LogP contribution < -0.4 is 4.90 Å². The van der Waals surface area contributed by atoms with Gasteiger partial charge in [-0.3, -0.25) is 0 Å². The fraction of sp³-hybridized carbons (Fsp3) is 0. The van der Waals surface area contributed by atoms with E-state index in [0.717, 1.165) is 44.4 Å². The molecule has 52 heavy (non-hydrogen) atoms. The summed E-state index contributed by atoms with van der Waals surface area (Å²) in [7, 11) is 0. The largest absolute Gasteiger partial charge is 0.456 e. The molecular weight excluding hydrogens is 631 g/mol. The minimum atomic E-state index is -0.542. The first kappa shape index (κ1) is 22.0. The van der Waals surface area contributed by atoms with Gasteiger partial charge in [0.25, 0.3) is 0 Å². The van der Waals surface area contributed by atoms with Crippen LogP contribution in [0.25, 0.3) is 76.9 Å². The molecule has 1 heterocycles. The third-order valence-corrected chi connectivity index (χ3v) is 9.57. The molecule has 0 saturated heterocycles. The smallest absolute Gasteiger partial charge is 0.136 e. The van der Waals surface area contributed by atoms with Crippen molar-refractivity contribution in [1.29, 1.82) is 0 Å². The number of fused-ring (bicyclic) bond motifs is 5. The average molecular weight is 673 g/mol. The Kier molecular flexibility index (Phi) is 5.28. The third kappa shape index (κ3) is 5.12. The van der Waals surface area contributed by atoms with Crippen molar-refractivity contribution >= 4 is 60.5 Å². The Bertz CT molecular complexity index is 3400. The number of benzene rings is 9. The fourth-order valence-corrected chi connectivity index (χ4v) is 7.13. The minimum absolute atomic E-state index is 0.0301. The molecule has 0 bridgehead atoms. The highest BCUT2D eigenvalue weighted by Crippen LogP contribution is 2.45. The van der Waals surface area contributed by atoms with Crippen molar-refractivity contribution in [3.05, 3.63) is 200 Å². The second kappa shape index (κ2) is 12.5. The summed E-state index contributed by atoms with van der Waals surface area (Å²) in [5.74, 6) is 0. The Labute approximate surface area is 315 Å². The average Bonchev–Trinajstić information content (AvgIpc) is 3.70. The van der Waals surface area contributed by atoms with Gasteiger partial charge in [-0.25, -0.2) is 0 Å². The molecule has 2 nitrogen and oxygen atoms in total. The van der Waals surface area contributed by atoms with Gasteiger partial charge >= 0.3 is 0 Å². The number of para-hydroxylation sites is 1. The maximum atomic E-state index is 9.46. The van der Waals surface area contributed by atoms with E-state index in [1.54, 1.807) is 0 Å². The SMILES string of the molecule is [2H]c1c([2H])c(-c2ccccc2N(c2ccc(-c3ccccc3)cc2)c2ccc(-c3cccc4ccccc34)cc2)c2c(oc3c([2H])c4c([2H])c([2H])c([2H])c([2H])c4c([2H])c32)c1[2H]. The molecule has 2 heteroatoms. The highest BCUT2D eigenvalue weighted by molar-refractivity contribution is 6.16. The Hall–Kier alpha value is -6.90. The lowest BCUT2D eigenvalue weighted by Gasteiger charge is -2.28. The van der Waals surface area contributed by atoms with Gasteiger partial charge in [0.05, 0.1) is 18.0 Å². The number of hydrogen-bond donors (Lipinski definition) is 0. The van der Waals surface area contributed by atoms with Crippen molar-refractivity contribution in [2.24, 2.45) is 0 Å². The molecule has 0 unspecified atom stereocenters. The number of hydrogen-bond acceptors (Lipinski definition) is 2. The van der Waals surface area contributed by atoms with Gasteiger partial charge in [-0.05, 0) is 97.8 Å². The Morgan fingerprint density at radius 1 is 0.404 bits per heavy atom. The highest BCUT2D eigenvalue weighted by Gasteiger charge is 2.21. The summed E-state index contributed by atoms with van der Waals surface area (Å²) in [6.07, 6.45) is 0. The zero-order valence-electron chi connectivity index (χ0n) is 36.7. The quantitative estimate of drug-likeness (QED) is 0.175. The number of nitrogens with zero attached hydrogens (tertiary/aromatic N) is 1. The van der Waals surface area contributed by atoms with Crippen molar-refractivity contribution in [2.75, 3.05) is 4.90 Å². The van der Waals surface area contributed by atoms with Crippen LogP contribution in [-0.2, 0) is 0 Å². The van der Waals surface area contributed by atoms with Crippen LogP contribution in [0.1, 0.15) is 12.3 Å². The molecule has 0 saturated carbocycles. The molecule has 0 spiro atoms. The third-order valence-electron chi connectivity index (χ3n) is 9.57. The lowest BCUT2D eigenvalue weighted by molar-refractivity contribution is 0.669. The van der Waals surface area contributed by atoms with Crippen LogP contribution in [0, 0.1) is 0 Å². The van der Waals surface area contributed by atoms with Crippen molar-refractivity contribution in [3.8, 4) is 33.4 Å². The lowest BCUT2D eigenvalue weighted by atomic mass is 9.95. The normalized spacial score (nSPS) is 13.9. The molecule has 244 valence electrons. The monoisotopic (exact) mass is 672 g/mol. The van der Waals surface area contributed by atoms with Crippen LogP contribution in [0.2, 0.25) is 0 Å². The Morgan fingerprint density at radius 3 is 1.85 bits per heavy atom. The second-order valence-corrected chi connectivity index (χ2v) is 12.6. The summed E-state index contributed by atoms with van der Waals surface area (Å²) in [5, 5.41) is 2.11. The predicted molar refractivity (Wildman–Crippen MR) is 220 cm³/mol. The summed E-state index contributed by atoms with van der Waals surface area (Å²) >= 11 is 0. The summed E-state index contributed by atoms with van der Waals surface area (Å²) in [5.41, 5.74) is 6.81. The topological polar surface area (TPSA) is 16.4 Å². The first-order chi connectivity index (χ1) is 29.5. The van der Waals surface area contributed by atoms with Crippen LogP contribution in [0.15, 0.2) is 204 Å². The van der Waals surface area contributed by atoms with Crippen LogP contribution in [0.5, 0.6) is 0 Å². The molecule has 0 aliphatic rings. The van der Waals surface area contributed by atoms with Gasteiger partial charge < -0.3 is 9.32 Å². The number of anilines is 3. The van der Waals surface area contributed by atoms with E-state index >= 15 is 0 Å². The zero-order chi connectivity index (χ0) is 42.3. The summed E-state index contributed by atoms with van der Waals surface area (Å²) in [6, 6.07) is 44.6. The van der Waals surface area contributed by atoms with E-state index < -0.39 is 36.3 Å². The van der Waals surface area contributed by atoms with Gasteiger partial charge in [0, 0.05) is 27.7 Å². The summed E-state index contributed by atoms with van der Waals surface area (Å²) in [6.45, 7) is 0. The van der Waals surface area contributed by atoms with E-state index in [0.29, 0.717) is 11.3 Å². The lowest BCUT2D eigenvalue weighted by Crippen LogP contribution is -2.11. The van der Waals surface area contributed by atoms with Gasteiger partial charge in [-0.2, -0.15) is 0 Å². The molecule has 9 aromatic carbocycles. The van der Waals surface area contributed by atoms with Gasteiger partial charge in [0.15, 0.2) is 0 Å². The van der Waals surface area contributed by atoms with E-state index in [-0.39, 0.29) is 56.4 Å². The molecule has 1 aromatic heterocycles. The molecule has 0 aliphatic carbocycles. The van der Waals surface area contributed by atoms with Crippen LogP contribution >= 0.6 is 0 Å². The van der Waals surface area contributed by atoms with Gasteiger partial charge in [-0.1, -0.05) is 152 Å². The predicted octanol–water partition coefficient (Wildman–Crippen LogP) is 14.4. The maximum absolute atomic E-state index is 9.46. The summed E-state index contributed by atoms with van der Waals surface area (Å²) in [4.78, 5) is 2.06. The first-order valence-electron chi connectivity index (χ1n) is 21.5. The molecule has 0 N–H and O–H groups in total. The van der Waals surface area contributed by atoms with E-state index in [2.05, 4.69) is 53.4 Å². The Morgan fingerprint density at radius 2 is 1.04 bits per heavy atom. The standard InChI is InChI=1S/C50H33NO/c1-2-12-34(13-3-1)35-24-28-40(29-25-35)51(41-30-26-37(27-31-41)43-20-10-17-36-14-6-7-18-42(36)43)47-22-9-8-19-44(47)45-21-11-23-48-50(45)46-32-38-15-4-5-16-39(38)33-49(46)52-48/h1-33H/i4D,5D,11D,15D,16D,21D,23D,32D,33D.